The number of cyclic esters (lactones) is 1. The number of carbonyl (C=O) groups excluding carboxylic acids is 2. The maximum Gasteiger partial charge on any atom is 0.323 e. The van der Waals surface area contributed by atoms with Crippen LogP contribution in [-0.4, -0.2) is 31.8 Å². The fourth-order valence-corrected chi connectivity index (χ4v) is 2.05. The minimum absolute atomic E-state index is 0.225. The lowest BCUT2D eigenvalue weighted by atomic mass is 9.87. The van der Waals surface area contributed by atoms with Gasteiger partial charge in [0.1, 0.15) is 18.5 Å². The molecule has 0 aromatic heterocycles. The molecular weight excluding hydrogens is 248 g/mol. The van der Waals surface area contributed by atoms with E-state index in [1.807, 2.05) is 30.3 Å². The molecule has 1 saturated heterocycles. The van der Waals surface area contributed by atoms with Crippen molar-refractivity contribution in [3.8, 4) is 5.75 Å². The van der Waals surface area contributed by atoms with Crippen LogP contribution in [0.4, 0.5) is 0 Å². The normalized spacial score (nSPS) is 25.8. The maximum absolute atomic E-state index is 11.7. The molecule has 2 unspecified atom stereocenters. The van der Waals surface area contributed by atoms with Crippen molar-refractivity contribution in [1.29, 1.82) is 0 Å². The van der Waals surface area contributed by atoms with Crippen molar-refractivity contribution in [2.45, 2.75) is 19.4 Å². The maximum atomic E-state index is 11.7. The number of esters is 2. The third kappa shape index (κ3) is 2.70. The van der Waals surface area contributed by atoms with E-state index < -0.39 is 23.5 Å². The van der Waals surface area contributed by atoms with Crippen molar-refractivity contribution in [3.05, 3.63) is 30.3 Å². The number of ether oxygens (including phenoxy) is 3. The molecule has 102 valence electrons. The van der Waals surface area contributed by atoms with Crippen molar-refractivity contribution in [3.63, 3.8) is 0 Å². The second-order valence-corrected chi connectivity index (χ2v) is 4.68. The number of hydrogen-bond acceptors (Lipinski definition) is 5. The van der Waals surface area contributed by atoms with Gasteiger partial charge < -0.3 is 14.2 Å². The van der Waals surface area contributed by atoms with Gasteiger partial charge in [0.25, 0.3) is 0 Å². The van der Waals surface area contributed by atoms with Gasteiger partial charge in [0, 0.05) is 6.42 Å². The number of hydrogen-bond donors (Lipinski definition) is 0. The molecule has 0 aliphatic carbocycles. The van der Waals surface area contributed by atoms with E-state index >= 15 is 0 Å². The average molecular weight is 264 g/mol. The standard InChI is InChI=1S/C14H16O5/c1-14(12(15)17-2)8-11(19-13(14)16)9-18-10-6-4-3-5-7-10/h3-7,11H,8-9H2,1-2H3. The second-order valence-electron chi connectivity index (χ2n) is 4.68. The lowest BCUT2D eigenvalue weighted by Crippen LogP contribution is -2.33. The van der Waals surface area contributed by atoms with Crippen molar-refractivity contribution >= 4 is 11.9 Å². The van der Waals surface area contributed by atoms with Crippen molar-refractivity contribution < 1.29 is 23.8 Å². The summed E-state index contributed by atoms with van der Waals surface area (Å²) >= 11 is 0. The Bertz CT molecular complexity index is 470. The Hall–Kier alpha value is -2.04. The van der Waals surface area contributed by atoms with Gasteiger partial charge in [0.15, 0.2) is 5.41 Å². The van der Waals surface area contributed by atoms with E-state index in [4.69, 9.17) is 9.47 Å². The third-order valence-electron chi connectivity index (χ3n) is 3.18. The van der Waals surface area contributed by atoms with Crippen LogP contribution in [0.15, 0.2) is 30.3 Å². The van der Waals surface area contributed by atoms with E-state index in [2.05, 4.69) is 4.74 Å². The SMILES string of the molecule is COC(=O)C1(C)CC(COc2ccccc2)OC1=O. The van der Waals surface area contributed by atoms with E-state index in [0.29, 0.717) is 5.75 Å². The number of para-hydroxylation sites is 1. The zero-order valence-corrected chi connectivity index (χ0v) is 10.9. The van der Waals surface area contributed by atoms with E-state index in [1.165, 1.54) is 14.0 Å². The zero-order valence-electron chi connectivity index (χ0n) is 10.9. The first-order chi connectivity index (χ1) is 9.06. The molecule has 1 aliphatic heterocycles. The fourth-order valence-electron chi connectivity index (χ4n) is 2.05. The van der Waals surface area contributed by atoms with Crippen LogP contribution in [0.5, 0.6) is 5.75 Å². The molecule has 1 heterocycles. The molecule has 0 bridgehead atoms. The summed E-state index contributed by atoms with van der Waals surface area (Å²) in [6.45, 7) is 1.76. The highest BCUT2D eigenvalue weighted by Gasteiger charge is 2.52. The highest BCUT2D eigenvalue weighted by Crippen LogP contribution is 2.35. The van der Waals surface area contributed by atoms with E-state index in [1.54, 1.807) is 0 Å². The highest BCUT2D eigenvalue weighted by atomic mass is 16.6. The molecular formula is C14H16O5. The number of rotatable bonds is 4. The molecule has 19 heavy (non-hydrogen) atoms. The van der Waals surface area contributed by atoms with Crippen LogP contribution >= 0.6 is 0 Å². The van der Waals surface area contributed by atoms with Gasteiger partial charge in [-0.2, -0.15) is 0 Å². The van der Waals surface area contributed by atoms with Gasteiger partial charge in [-0.15, -0.1) is 0 Å². The smallest absolute Gasteiger partial charge is 0.323 e. The summed E-state index contributed by atoms with van der Waals surface area (Å²) in [5.74, 6) is -0.425. The molecule has 2 atom stereocenters. The molecule has 0 radical (unpaired) electrons. The Morgan fingerprint density at radius 3 is 2.74 bits per heavy atom. The Morgan fingerprint density at radius 1 is 1.42 bits per heavy atom. The Kier molecular flexibility index (Phi) is 3.74. The molecule has 0 spiro atoms. The lowest BCUT2D eigenvalue weighted by molar-refractivity contribution is -0.162. The van der Waals surface area contributed by atoms with Crippen molar-refractivity contribution in [2.75, 3.05) is 13.7 Å². The second kappa shape index (κ2) is 5.30. The van der Waals surface area contributed by atoms with Gasteiger partial charge in [0.05, 0.1) is 7.11 Å². The molecule has 1 fully saturated rings. The predicted molar refractivity (Wildman–Crippen MR) is 66.6 cm³/mol. The molecule has 0 N–H and O–H groups in total. The summed E-state index contributed by atoms with van der Waals surface area (Å²) < 4.78 is 15.3. The van der Waals surface area contributed by atoms with E-state index in [0.717, 1.165) is 0 Å². The summed E-state index contributed by atoms with van der Waals surface area (Å²) in [6, 6.07) is 9.23. The van der Waals surface area contributed by atoms with Gasteiger partial charge in [-0.3, -0.25) is 9.59 Å². The summed E-state index contributed by atoms with van der Waals surface area (Å²) in [6.07, 6.45) is -0.164. The Morgan fingerprint density at radius 2 is 2.11 bits per heavy atom. The molecule has 1 aliphatic rings. The summed E-state index contributed by atoms with van der Waals surface area (Å²) in [5.41, 5.74) is -1.22. The summed E-state index contributed by atoms with van der Waals surface area (Å²) in [7, 11) is 1.26. The number of benzene rings is 1. The third-order valence-corrected chi connectivity index (χ3v) is 3.18. The van der Waals surface area contributed by atoms with E-state index in [-0.39, 0.29) is 13.0 Å². The van der Waals surface area contributed by atoms with Crippen LogP contribution in [0.1, 0.15) is 13.3 Å². The molecule has 1 aromatic carbocycles. The van der Waals surface area contributed by atoms with Crippen LogP contribution < -0.4 is 4.74 Å². The highest BCUT2D eigenvalue weighted by molar-refractivity contribution is 6.00. The summed E-state index contributed by atoms with van der Waals surface area (Å²) in [4.78, 5) is 23.3. The molecule has 0 amide bonds. The van der Waals surface area contributed by atoms with Crippen LogP contribution in [0.3, 0.4) is 0 Å². The Balaban J connectivity index is 1.95. The van der Waals surface area contributed by atoms with Gasteiger partial charge in [-0.1, -0.05) is 18.2 Å². The first kappa shape index (κ1) is 13.4. The minimum Gasteiger partial charge on any atom is -0.490 e. The van der Waals surface area contributed by atoms with Gasteiger partial charge >= 0.3 is 11.9 Å². The number of carbonyl (C=O) groups is 2. The topological polar surface area (TPSA) is 61.8 Å². The van der Waals surface area contributed by atoms with Gasteiger partial charge in [-0.05, 0) is 19.1 Å². The van der Waals surface area contributed by atoms with Crippen LogP contribution in [0, 0.1) is 5.41 Å². The number of methoxy groups -OCH3 is 1. The average Bonchev–Trinajstić information content (AvgIpc) is 2.73. The van der Waals surface area contributed by atoms with Gasteiger partial charge in [-0.25, -0.2) is 0 Å². The Labute approximate surface area is 111 Å². The predicted octanol–water partition coefficient (Wildman–Crippen LogP) is 1.56. The first-order valence-electron chi connectivity index (χ1n) is 6.03. The van der Waals surface area contributed by atoms with Crippen molar-refractivity contribution in [1.82, 2.24) is 0 Å². The fraction of sp³-hybridized carbons (Fsp3) is 0.429. The molecule has 5 nitrogen and oxygen atoms in total. The zero-order chi connectivity index (χ0) is 13.9. The molecule has 0 saturated carbocycles. The molecule has 2 rings (SSSR count). The molecule has 5 heteroatoms. The monoisotopic (exact) mass is 264 g/mol. The van der Waals surface area contributed by atoms with Crippen LogP contribution in [-0.2, 0) is 19.1 Å². The lowest BCUT2D eigenvalue weighted by Gasteiger charge is -2.15. The van der Waals surface area contributed by atoms with Crippen LogP contribution in [0.25, 0.3) is 0 Å². The summed E-state index contributed by atoms with van der Waals surface area (Å²) in [5, 5.41) is 0. The van der Waals surface area contributed by atoms with Crippen molar-refractivity contribution in [2.24, 2.45) is 5.41 Å². The van der Waals surface area contributed by atoms with Crippen LogP contribution in [0.2, 0.25) is 0 Å². The largest absolute Gasteiger partial charge is 0.490 e. The molecule has 1 aromatic rings. The van der Waals surface area contributed by atoms with Gasteiger partial charge in [0.2, 0.25) is 0 Å². The minimum atomic E-state index is -1.22. The quantitative estimate of drug-likeness (QED) is 0.610. The van der Waals surface area contributed by atoms with E-state index in [9.17, 15) is 9.59 Å². The first-order valence-corrected chi connectivity index (χ1v) is 6.03.